The molecule has 1 aliphatic heterocycles. The van der Waals surface area contributed by atoms with Crippen LogP contribution < -0.4 is 14.9 Å². The normalized spacial score (nSPS) is 15.2. The summed E-state index contributed by atoms with van der Waals surface area (Å²) in [5, 5.41) is 3.06. The van der Waals surface area contributed by atoms with Gasteiger partial charge in [0.05, 0.1) is 22.5 Å². The number of hydrogen-bond acceptors (Lipinski definition) is 5. The van der Waals surface area contributed by atoms with Crippen LogP contribution in [0.15, 0.2) is 36.4 Å². The molecule has 1 amide bonds. The third-order valence-electron chi connectivity index (χ3n) is 4.72. The number of nitrogens with zero attached hydrogens (tertiary/aromatic N) is 1. The SMILES string of the molecule is CS(=O)(=O)NCCc1ccc(C(=O)Nc2ccccc2N2CCCCCC2)s1. The first kappa shape index (κ1) is 20.8. The van der Waals surface area contributed by atoms with Gasteiger partial charge < -0.3 is 10.2 Å². The predicted molar refractivity (Wildman–Crippen MR) is 116 cm³/mol. The Morgan fingerprint density at radius 3 is 2.50 bits per heavy atom. The molecular weight excluding hydrogens is 394 g/mol. The number of rotatable bonds is 7. The highest BCUT2D eigenvalue weighted by Crippen LogP contribution is 2.29. The molecule has 1 aliphatic rings. The number of hydrogen-bond donors (Lipinski definition) is 2. The Balaban J connectivity index is 1.65. The number of sulfonamides is 1. The first-order valence-corrected chi connectivity index (χ1v) is 12.3. The molecule has 0 spiro atoms. The van der Waals surface area contributed by atoms with E-state index in [0.29, 0.717) is 17.8 Å². The van der Waals surface area contributed by atoms with Gasteiger partial charge >= 0.3 is 0 Å². The average Bonchev–Trinajstić information content (AvgIpc) is 2.95. The van der Waals surface area contributed by atoms with Gasteiger partial charge in [-0.2, -0.15) is 0 Å². The minimum atomic E-state index is -3.19. The summed E-state index contributed by atoms with van der Waals surface area (Å²) in [6.07, 6.45) is 6.59. The molecule has 2 N–H and O–H groups in total. The number of carbonyl (C=O) groups excluding carboxylic acids is 1. The molecule has 1 fully saturated rings. The third kappa shape index (κ3) is 6.05. The Hall–Kier alpha value is -1.90. The molecule has 0 radical (unpaired) electrons. The molecule has 1 saturated heterocycles. The smallest absolute Gasteiger partial charge is 0.265 e. The van der Waals surface area contributed by atoms with Gasteiger partial charge in [-0.05, 0) is 43.5 Å². The lowest BCUT2D eigenvalue weighted by molar-refractivity contribution is 0.103. The van der Waals surface area contributed by atoms with E-state index in [1.165, 1.54) is 37.0 Å². The lowest BCUT2D eigenvalue weighted by Crippen LogP contribution is -2.25. The summed E-state index contributed by atoms with van der Waals surface area (Å²) >= 11 is 1.40. The van der Waals surface area contributed by atoms with Crippen LogP contribution in [0.5, 0.6) is 0 Å². The second-order valence-electron chi connectivity index (χ2n) is 7.05. The van der Waals surface area contributed by atoms with Crippen molar-refractivity contribution in [3.8, 4) is 0 Å². The quantitative estimate of drug-likeness (QED) is 0.718. The number of anilines is 2. The van der Waals surface area contributed by atoms with Gasteiger partial charge in [0.1, 0.15) is 0 Å². The number of benzene rings is 1. The number of carbonyl (C=O) groups is 1. The largest absolute Gasteiger partial charge is 0.370 e. The average molecular weight is 422 g/mol. The van der Waals surface area contributed by atoms with Crippen molar-refractivity contribution in [2.45, 2.75) is 32.1 Å². The standard InChI is InChI=1S/C20H27N3O3S2/c1-28(25,26)21-13-12-16-10-11-19(27-16)20(24)22-17-8-4-5-9-18(17)23-14-6-2-3-7-15-23/h4-5,8-11,21H,2-3,6-7,12-15H2,1H3,(H,22,24). The van der Waals surface area contributed by atoms with Crippen LogP contribution in [0, 0.1) is 0 Å². The molecule has 0 aliphatic carbocycles. The molecule has 1 aromatic heterocycles. The monoisotopic (exact) mass is 421 g/mol. The van der Waals surface area contributed by atoms with Crippen molar-refractivity contribution < 1.29 is 13.2 Å². The summed E-state index contributed by atoms with van der Waals surface area (Å²) in [7, 11) is -3.19. The van der Waals surface area contributed by atoms with Crippen LogP contribution in [0.1, 0.15) is 40.2 Å². The maximum absolute atomic E-state index is 12.7. The van der Waals surface area contributed by atoms with Crippen LogP contribution in [0.4, 0.5) is 11.4 Å². The molecule has 6 nitrogen and oxygen atoms in total. The number of para-hydroxylation sites is 2. The van der Waals surface area contributed by atoms with Crippen molar-refractivity contribution in [1.29, 1.82) is 0 Å². The van der Waals surface area contributed by atoms with Crippen LogP contribution in [-0.4, -0.2) is 40.2 Å². The molecular formula is C20H27N3O3S2. The second kappa shape index (κ2) is 9.54. The van der Waals surface area contributed by atoms with Gasteiger partial charge in [0.2, 0.25) is 10.0 Å². The lowest BCUT2D eigenvalue weighted by Gasteiger charge is -2.25. The molecule has 2 heterocycles. The first-order chi connectivity index (χ1) is 13.4. The van der Waals surface area contributed by atoms with Crippen molar-refractivity contribution in [2.75, 3.05) is 36.1 Å². The highest BCUT2D eigenvalue weighted by molar-refractivity contribution is 7.88. The van der Waals surface area contributed by atoms with Gasteiger partial charge in [-0.25, -0.2) is 13.1 Å². The van der Waals surface area contributed by atoms with E-state index in [4.69, 9.17) is 0 Å². The molecule has 0 saturated carbocycles. The number of thiophene rings is 1. The zero-order valence-electron chi connectivity index (χ0n) is 16.1. The van der Waals surface area contributed by atoms with Crippen molar-refractivity contribution in [1.82, 2.24) is 4.72 Å². The topological polar surface area (TPSA) is 78.5 Å². The summed E-state index contributed by atoms with van der Waals surface area (Å²) < 4.78 is 24.8. The van der Waals surface area contributed by atoms with Crippen molar-refractivity contribution >= 4 is 38.6 Å². The Morgan fingerprint density at radius 1 is 1.07 bits per heavy atom. The van der Waals surface area contributed by atoms with Gasteiger partial charge in [0, 0.05) is 24.5 Å². The van der Waals surface area contributed by atoms with Crippen molar-refractivity contribution in [2.24, 2.45) is 0 Å². The maximum atomic E-state index is 12.7. The van der Waals surface area contributed by atoms with E-state index >= 15 is 0 Å². The summed E-state index contributed by atoms with van der Waals surface area (Å²) in [6.45, 7) is 2.37. The molecule has 3 rings (SSSR count). The predicted octanol–water partition coefficient (Wildman–Crippen LogP) is 3.47. The van der Waals surface area contributed by atoms with Gasteiger partial charge in [-0.1, -0.05) is 25.0 Å². The fourth-order valence-electron chi connectivity index (χ4n) is 3.34. The minimum Gasteiger partial charge on any atom is -0.370 e. The van der Waals surface area contributed by atoms with Gasteiger partial charge in [0.25, 0.3) is 5.91 Å². The number of amides is 1. The summed E-state index contributed by atoms with van der Waals surface area (Å²) in [5.74, 6) is -0.130. The lowest BCUT2D eigenvalue weighted by atomic mass is 10.2. The van der Waals surface area contributed by atoms with E-state index < -0.39 is 10.0 Å². The Morgan fingerprint density at radius 2 is 1.79 bits per heavy atom. The fourth-order valence-corrected chi connectivity index (χ4v) is 4.72. The van der Waals surface area contributed by atoms with Gasteiger partial charge in [0.15, 0.2) is 0 Å². The number of nitrogens with one attached hydrogen (secondary N) is 2. The molecule has 2 aromatic rings. The van der Waals surface area contributed by atoms with Gasteiger partial charge in [-0.3, -0.25) is 4.79 Å². The molecule has 0 atom stereocenters. The van der Waals surface area contributed by atoms with Crippen LogP contribution in [0.3, 0.4) is 0 Å². The van der Waals surface area contributed by atoms with Crippen molar-refractivity contribution in [3.05, 3.63) is 46.2 Å². The highest BCUT2D eigenvalue weighted by atomic mass is 32.2. The highest BCUT2D eigenvalue weighted by Gasteiger charge is 2.16. The third-order valence-corrected chi connectivity index (χ3v) is 6.59. The van der Waals surface area contributed by atoms with E-state index in [0.717, 1.165) is 35.6 Å². The molecule has 152 valence electrons. The van der Waals surface area contributed by atoms with E-state index in [2.05, 4.69) is 21.0 Å². The summed E-state index contributed by atoms with van der Waals surface area (Å²) in [5.41, 5.74) is 1.91. The summed E-state index contributed by atoms with van der Waals surface area (Å²) in [6, 6.07) is 11.6. The summed E-state index contributed by atoms with van der Waals surface area (Å²) in [4.78, 5) is 16.7. The molecule has 28 heavy (non-hydrogen) atoms. The molecule has 0 unspecified atom stereocenters. The van der Waals surface area contributed by atoms with E-state index in [1.807, 2.05) is 24.3 Å². The van der Waals surface area contributed by atoms with Crippen LogP contribution in [-0.2, 0) is 16.4 Å². The first-order valence-electron chi connectivity index (χ1n) is 9.61. The Labute approximate surface area is 171 Å². The minimum absolute atomic E-state index is 0.130. The van der Waals surface area contributed by atoms with E-state index in [9.17, 15) is 13.2 Å². The zero-order valence-corrected chi connectivity index (χ0v) is 17.7. The van der Waals surface area contributed by atoms with Crippen LogP contribution >= 0.6 is 11.3 Å². The van der Waals surface area contributed by atoms with E-state index in [-0.39, 0.29) is 5.91 Å². The molecule has 0 bridgehead atoms. The molecule has 8 heteroatoms. The Kier molecular flexibility index (Phi) is 7.09. The fraction of sp³-hybridized carbons (Fsp3) is 0.450. The maximum Gasteiger partial charge on any atom is 0.265 e. The zero-order chi connectivity index (χ0) is 20.0. The van der Waals surface area contributed by atoms with Crippen molar-refractivity contribution in [3.63, 3.8) is 0 Å². The van der Waals surface area contributed by atoms with Crippen LogP contribution in [0.2, 0.25) is 0 Å². The van der Waals surface area contributed by atoms with E-state index in [1.54, 1.807) is 6.07 Å². The Bertz CT molecular complexity index is 901. The second-order valence-corrected chi connectivity index (χ2v) is 10.1. The van der Waals surface area contributed by atoms with Crippen LogP contribution in [0.25, 0.3) is 0 Å². The van der Waals surface area contributed by atoms with Gasteiger partial charge in [-0.15, -0.1) is 11.3 Å². The molecule has 1 aromatic carbocycles.